The zero-order valence-electron chi connectivity index (χ0n) is 11.3. The van der Waals surface area contributed by atoms with Crippen LogP contribution in [-0.4, -0.2) is 29.4 Å². The molecular formula is C15H14N2O4. The SMILES string of the molecule is COc1ccccc1C(=O)NN=Cc1ccc(O)cc1O. The molecule has 2 aromatic carbocycles. The Morgan fingerprint density at radius 2 is 2.00 bits per heavy atom. The molecule has 0 aliphatic carbocycles. The number of phenolic OH excluding ortho intramolecular Hbond substituents is 2. The maximum Gasteiger partial charge on any atom is 0.275 e. The molecule has 108 valence electrons. The highest BCUT2D eigenvalue weighted by Gasteiger charge is 2.10. The van der Waals surface area contributed by atoms with E-state index in [0.29, 0.717) is 16.9 Å². The van der Waals surface area contributed by atoms with Crippen LogP contribution in [0, 0.1) is 0 Å². The van der Waals surface area contributed by atoms with Gasteiger partial charge in [-0.25, -0.2) is 5.43 Å². The molecule has 0 saturated carbocycles. The topological polar surface area (TPSA) is 91.2 Å². The second-order valence-electron chi connectivity index (χ2n) is 4.14. The molecule has 1 amide bonds. The molecule has 0 unspecified atom stereocenters. The fraction of sp³-hybridized carbons (Fsp3) is 0.0667. The van der Waals surface area contributed by atoms with Crippen LogP contribution in [0.5, 0.6) is 17.2 Å². The summed E-state index contributed by atoms with van der Waals surface area (Å²) in [6.45, 7) is 0. The summed E-state index contributed by atoms with van der Waals surface area (Å²) in [7, 11) is 1.48. The van der Waals surface area contributed by atoms with Crippen LogP contribution in [0.3, 0.4) is 0 Å². The average Bonchev–Trinajstić information content (AvgIpc) is 2.49. The number of benzene rings is 2. The van der Waals surface area contributed by atoms with Crippen LogP contribution >= 0.6 is 0 Å². The number of methoxy groups -OCH3 is 1. The van der Waals surface area contributed by atoms with E-state index in [-0.39, 0.29) is 11.5 Å². The Morgan fingerprint density at radius 3 is 2.71 bits per heavy atom. The van der Waals surface area contributed by atoms with Gasteiger partial charge >= 0.3 is 0 Å². The molecule has 0 heterocycles. The van der Waals surface area contributed by atoms with Crippen molar-refractivity contribution in [2.45, 2.75) is 0 Å². The number of carbonyl (C=O) groups is 1. The summed E-state index contributed by atoms with van der Waals surface area (Å²) < 4.78 is 5.08. The van der Waals surface area contributed by atoms with Gasteiger partial charge in [-0.2, -0.15) is 5.10 Å². The van der Waals surface area contributed by atoms with Crippen molar-refractivity contribution in [3.05, 3.63) is 53.6 Å². The number of nitrogens with zero attached hydrogens (tertiary/aromatic N) is 1. The van der Waals surface area contributed by atoms with Crippen LogP contribution in [0.2, 0.25) is 0 Å². The minimum atomic E-state index is -0.429. The van der Waals surface area contributed by atoms with Crippen molar-refractivity contribution in [3.8, 4) is 17.2 Å². The van der Waals surface area contributed by atoms with E-state index >= 15 is 0 Å². The molecule has 6 heteroatoms. The predicted octanol–water partition coefficient (Wildman–Crippen LogP) is 1.87. The molecule has 2 rings (SSSR count). The van der Waals surface area contributed by atoms with E-state index < -0.39 is 5.91 Å². The molecule has 0 spiro atoms. The van der Waals surface area contributed by atoms with Crippen molar-refractivity contribution >= 4 is 12.1 Å². The van der Waals surface area contributed by atoms with Gasteiger partial charge in [0.05, 0.1) is 18.9 Å². The predicted molar refractivity (Wildman–Crippen MR) is 77.8 cm³/mol. The first-order valence-electron chi connectivity index (χ1n) is 6.10. The van der Waals surface area contributed by atoms with E-state index in [1.54, 1.807) is 24.3 Å². The molecule has 2 aromatic rings. The van der Waals surface area contributed by atoms with Gasteiger partial charge in [-0.3, -0.25) is 4.79 Å². The number of ether oxygens (including phenoxy) is 1. The number of hydrogen-bond donors (Lipinski definition) is 3. The lowest BCUT2D eigenvalue weighted by Crippen LogP contribution is -2.18. The Bertz CT molecular complexity index is 683. The standard InChI is InChI=1S/C15H14N2O4/c1-21-14-5-3-2-4-12(14)15(20)17-16-9-10-6-7-11(18)8-13(10)19/h2-9,18-19H,1H3,(H,17,20). The maximum absolute atomic E-state index is 11.9. The van der Waals surface area contributed by atoms with Gasteiger partial charge in [0.1, 0.15) is 17.2 Å². The number of aromatic hydroxyl groups is 2. The van der Waals surface area contributed by atoms with Crippen molar-refractivity contribution in [1.82, 2.24) is 5.43 Å². The number of hydrazone groups is 1. The zero-order chi connectivity index (χ0) is 15.2. The summed E-state index contributed by atoms with van der Waals surface area (Å²) in [4.78, 5) is 11.9. The van der Waals surface area contributed by atoms with Gasteiger partial charge in [0.2, 0.25) is 0 Å². The number of hydrogen-bond acceptors (Lipinski definition) is 5. The molecule has 0 aliphatic heterocycles. The molecule has 0 aliphatic rings. The largest absolute Gasteiger partial charge is 0.508 e. The molecule has 3 N–H and O–H groups in total. The molecule has 21 heavy (non-hydrogen) atoms. The zero-order valence-corrected chi connectivity index (χ0v) is 11.3. The smallest absolute Gasteiger partial charge is 0.275 e. The Morgan fingerprint density at radius 1 is 1.24 bits per heavy atom. The first-order chi connectivity index (χ1) is 10.1. The number of amides is 1. The van der Waals surface area contributed by atoms with Crippen LogP contribution in [0.25, 0.3) is 0 Å². The second-order valence-corrected chi connectivity index (χ2v) is 4.14. The Labute approximate surface area is 121 Å². The third-order valence-corrected chi connectivity index (χ3v) is 2.74. The van der Waals surface area contributed by atoms with Crippen LogP contribution in [0.15, 0.2) is 47.6 Å². The van der Waals surface area contributed by atoms with E-state index in [0.717, 1.165) is 0 Å². The van der Waals surface area contributed by atoms with Crippen LogP contribution in [-0.2, 0) is 0 Å². The lowest BCUT2D eigenvalue weighted by molar-refractivity contribution is 0.0952. The van der Waals surface area contributed by atoms with E-state index in [1.807, 2.05) is 0 Å². The van der Waals surface area contributed by atoms with E-state index in [9.17, 15) is 9.90 Å². The van der Waals surface area contributed by atoms with Gasteiger partial charge in [-0.05, 0) is 24.3 Å². The average molecular weight is 286 g/mol. The highest BCUT2D eigenvalue weighted by Crippen LogP contribution is 2.21. The van der Waals surface area contributed by atoms with E-state index in [4.69, 9.17) is 9.84 Å². The lowest BCUT2D eigenvalue weighted by Gasteiger charge is -2.06. The summed E-state index contributed by atoms with van der Waals surface area (Å²) >= 11 is 0. The molecule has 0 fully saturated rings. The molecule has 0 aromatic heterocycles. The summed E-state index contributed by atoms with van der Waals surface area (Å²) in [6.07, 6.45) is 1.28. The molecular weight excluding hydrogens is 272 g/mol. The minimum Gasteiger partial charge on any atom is -0.508 e. The van der Waals surface area contributed by atoms with Crippen LogP contribution in [0.1, 0.15) is 15.9 Å². The van der Waals surface area contributed by atoms with Gasteiger partial charge in [0.15, 0.2) is 0 Å². The van der Waals surface area contributed by atoms with Gasteiger partial charge in [0.25, 0.3) is 5.91 Å². The highest BCUT2D eigenvalue weighted by atomic mass is 16.5. The van der Waals surface area contributed by atoms with Gasteiger partial charge in [-0.15, -0.1) is 0 Å². The van der Waals surface area contributed by atoms with Crippen molar-refractivity contribution in [1.29, 1.82) is 0 Å². The van der Waals surface area contributed by atoms with Crippen molar-refractivity contribution in [2.75, 3.05) is 7.11 Å². The molecule has 0 saturated heterocycles. The molecule has 0 radical (unpaired) electrons. The maximum atomic E-state index is 11.9. The molecule has 0 bridgehead atoms. The second kappa shape index (κ2) is 6.42. The third kappa shape index (κ3) is 3.50. The first kappa shape index (κ1) is 14.4. The van der Waals surface area contributed by atoms with E-state index in [1.165, 1.54) is 31.5 Å². The quantitative estimate of drug-likeness (QED) is 0.591. The van der Waals surface area contributed by atoms with Crippen molar-refractivity contribution < 1.29 is 19.7 Å². The molecule has 6 nitrogen and oxygen atoms in total. The number of phenols is 2. The fourth-order valence-corrected chi connectivity index (χ4v) is 1.69. The monoisotopic (exact) mass is 286 g/mol. The number of carbonyl (C=O) groups excluding carboxylic acids is 1. The summed E-state index contributed by atoms with van der Waals surface area (Å²) in [5.74, 6) is -0.173. The van der Waals surface area contributed by atoms with Crippen molar-refractivity contribution in [3.63, 3.8) is 0 Å². The van der Waals surface area contributed by atoms with Crippen LogP contribution in [0.4, 0.5) is 0 Å². The summed E-state index contributed by atoms with van der Waals surface area (Å²) in [5.41, 5.74) is 3.06. The fourth-order valence-electron chi connectivity index (χ4n) is 1.69. The Balaban J connectivity index is 2.08. The van der Waals surface area contributed by atoms with Crippen molar-refractivity contribution in [2.24, 2.45) is 5.10 Å². The van der Waals surface area contributed by atoms with Crippen LogP contribution < -0.4 is 10.2 Å². The Hall–Kier alpha value is -3.02. The minimum absolute atomic E-state index is 0.0530. The van der Waals surface area contributed by atoms with Gasteiger partial charge in [-0.1, -0.05) is 12.1 Å². The van der Waals surface area contributed by atoms with Gasteiger partial charge in [0, 0.05) is 11.6 Å². The number of para-hydroxylation sites is 1. The Kier molecular flexibility index (Phi) is 4.40. The third-order valence-electron chi connectivity index (χ3n) is 2.74. The number of nitrogens with one attached hydrogen (secondary N) is 1. The van der Waals surface area contributed by atoms with E-state index in [2.05, 4.69) is 10.5 Å². The van der Waals surface area contributed by atoms with Gasteiger partial charge < -0.3 is 14.9 Å². The number of rotatable bonds is 4. The lowest BCUT2D eigenvalue weighted by atomic mass is 10.2. The summed E-state index contributed by atoms with van der Waals surface area (Å²) in [6, 6.07) is 10.8. The normalized spacial score (nSPS) is 10.5. The first-order valence-corrected chi connectivity index (χ1v) is 6.10. The highest BCUT2D eigenvalue weighted by molar-refractivity contribution is 5.97. The summed E-state index contributed by atoms with van der Waals surface area (Å²) in [5, 5.41) is 22.5. The molecule has 0 atom stereocenters.